The summed E-state index contributed by atoms with van der Waals surface area (Å²) in [7, 11) is 0. The Morgan fingerprint density at radius 1 is 1.00 bits per heavy atom. The second-order valence-corrected chi connectivity index (χ2v) is 7.16. The van der Waals surface area contributed by atoms with E-state index in [1.165, 1.54) is 5.56 Å². The number of aromatic nitrogens is 1. The summed E-state index contributed by atoms with van der Waals surface area (Å²) in [6.07, 6.45) is 2.48. The molecule has 0 atom stereocenters. The van der Waals surface area contributed by atoms with Gasteiger partial charge < -0.3 is 9.15 Å². The number of benzene rings is 2. The monoisotopic (exact) mass is 362 g/mol. The van der Waals surface area contributed by atoms with Crippen molar-refractivity contribution in [3.05, 3.63) is 77.7 Å². The van der Waals surface area contributed by atoms with Crippen LogP contribution >= 0.6 is 0 Å². The number of oxazole rings is 1. The Morgan fingerprint density at radius 2 is 1.67 bits per heavy atom. The van der Waals surface area contributed by atoms with Crippen molar-refractivity contribution in [2.24, 2.45) is 0 Å². The third-order valence-electron chi connectivity index (χ3n) is 5.15. The van der Waals surface area contributed by atoms with Gasteiger partial charge >= 0.3 is 0 Å². The van der Waals surface area contributed by atoms with E-state index < -0.39 is 0 Å². The Hall–Kier alpha value is -2.43. The van der Waals surface area contributed by atoms with Crippen LogP contribution < -0.4 is 0 Å². The van der Waals surface area contributed by atoms with Crippen molar-refractivity contribution >= 4 is 0 Å². The number of aryl methyl sites for hydroxylation is 1. The van der Waals surface area contributed by atoms with E-state index in [4.69, 9.17) is 14.1 Å². The van der Waals surface area contributed by atoms with Crippen LogP contribution in [0.25, 0.3) is 11.5 Å². The van der Waals surface area contributed by atoms with Gasteiger partial charge in [0.2, 0.25) is 5.89 Å². The largest absolute Gasteiger partial charge is 0.441 e. The van der Waals surface area contributed by atoms with Gasteiger partial charge in [-0.3, -0.25) is 4.90 Å². The molecule has 0 saturated carbocycles. The molecule has 0 amide bonds. The summed E-state index contributed by atoms with van der Waals surface area (Å²) in [5.74, 6) is 1.63. The van der Waals surface area contributed by atoms with E-state index in [9.17, 15) is 0 Å². The normalized spacial score (nSPS) is 15.9. The Labute approximate surface area is 160 Å². The lowest BCUT2D eigenvalue weighted by molar-refractivity contribution is -0.00418. The summed E-state index contributed by atoms with van der Waals surface area (Å²) < 4.78 is 12.0. The highest BCUT2D eigenvalue weighted by Crippen LogP contribution is 2.24. The van der Waals surface area contributed by atoms with Crippen LogP contribution in [0.5, 0.6) is 0 Å². The number of likely N-dealkylation sites (tertiary alicyclic amines) is 1. The first kappa shape index (κ1) is 18.0. The Kier molecular flexibility index (Phi) is 5.66. The third kappa shape index (κ3) is 4.65. The molecule has 0 unspecified atom stereocenters. The summed E-state index contributed by atoms with van der Waals surface area (Å²) in [5.41, 5.74) is 3.31. The SMILES string of the molecule is Cc1oc(-c2ccccc2)nc1CN1CCC(OCc2ccccc2)CC1. The highest BCUT2D eigenvalue weighted by Gasteiger charge is 2.22. The number of nitrogens with zero attached hydrogens (tertiary/aromatic N) is 2. The third-order valence-corrected chi connectivity index (χ3v) is 5.15. The summed E-state index contributed by atoms with van der Waals surface area (Å²) in [5, 5.41) is 0. The Balaban J connectivity index is 1.29. The molecule has 0 spiro atoms. The highest BCUT2D eigenvalue weighted by molar-refractivity contribution is 5.53. The van der Waals surface area contributed by atoms with Crippen LogP contribution in [0.4, 0.5) is 0 Å². The molecule has 27 heavy (non-hydrogen) atoms. The topological polar surface area (TPSA) is 38.5 Å². The van der Waals surface area contributed by atoms with Crippen LogP contribution in [0.3, 0.4) is 0 Å². The fourth-order valence-corrected chi connectivity index (χ4v) is 3.51. The van der Waals surface area contributed by atoms with Crippen LogP contribution in [0.15, 0.2) is 65.1 Å². The summed E-state index contributed by atoms with van der Waals surface area (Å²) in [4.78, 5) is 7.18. The molecular weight excluding hydrogens is 336 g/mol. The molecule has 1 aliphatic heterocycles. The molecule has 2 aromatic carbocycles. The van der Waals surface area contributed by atoms with Gasteiger partial charge in [-0.15, -0.1) is 0 Å². The van der Waals surface area contributed by atoms with Crippen LogP contribution in [0, 0.1) is 6.92 Å². The van der Waals surface area contributed by atoms with Crippen LogP contribution in [0.2, 0.25) is 0 Å². The average molecular weight is 362 g/mol. The van der Waals surface area contributed by atoms with Crippen molar-refractivity contribution in [2.45, 2.75) is 39.0 Å². The van der Waals surface area contributed by atoms with E-state index in [1.54, 1.807) is 0 Å². The fraction of sp³-hybridized carbons (Fsp3) is 0.348. The second-order valence-electron chi connectivity index (χ2n) is 7.16. The number of piperidine rings is 1. The Morgan fingerprint density at radius 3 is 2.37 bits per heavy atom. The predicted molar refractivity (Wildman–Crippen MR) is 106 cm³/mol. The summed E-state index contributed by atoms with van der Waals surface area (Å²) in [6.45, 7) is 5.62. The minimum Gasteiger partial charge on any atom is -0.441 e. The van der Waals surface area contributed by atoms with Crippen molar-refractivity contribution in [2.75, 3.05) is 13.1 Å². The molecule has 0 N–H and O–H groups in total. The molecule has 4 rings (SSSR count). The van der Waals surface area contributed by atoms with E-state index >= 15 is 0 Å². The molecule has 4 heteroatoms. The quantitative estimate of drug-likeness (QED) is 0.629. The molecule has 1 saturated heterocycles. The zero-order chi connectivity index (χ0) is 18.5. The van der Waals surface area contributed by atoms with Gasteiger partial charge in [0.05, 0.1) is 18.4 Å². The smallest absolute Gasteiger partial charge is 0.226 e. The molecule has 1 aliphatic rings. The minimum atomic E-state index is 0.347. The molecule has 1 aromatic heterocycles. The van der Waals surface area contributed by atoms with Gasteiger partial charge in [0.15, 0.2) is 0 Å². The predicted octanol–water partition coefficient (Wildman–Crippen LogP) is 4.83. The lowest BCUT2D eigenvalue weighted by atomic mass is 10.1. The summed E-state index contributed by atoms with van der Waals surface area (Å²) >= 11 is 0. The lowest BCUT2D eigenvalue weighted by Crippen LogP contribution is -2.36. The number of hydrogen-bond acceptors (Lipinski definition) is 4. The molecular formula is C23H26N2O2. The maximum Gasteiger partial charge on any atom is 0.226 e. The molecule has 0 bridgehead atoms. The van der Waals surface area contributed by atoms with Gasteiger partial charge in [-0.05, 0) is 37.5 Å². The molecule has 0 aliphatic carbocycles. The first-order valence-corrected chi connectivity index (χ1v) is 9.67. The van der Waals surface area contributed by atoms with E-state index in [2.05, 4.69) is 29.2 Å². The van der Waals surface area contributed by atoms with Crippen LogP contribution in [-0.4, -0.2) is 29.1 Å². The van der Waals surface area contributed by atoms with Gasteiger partial charge in [-0.25, -0.2) is 4.98 Å². The number of ether oxygens (including phenoxy) is 1. The van der Waals surface area contributed by atoms with E-state index in [1.807, 2.05) is 43.3 Å². The van der Waals surface area contributed by atoms with Gasteiger partial charge in [0.25, 0.3) is 0 Å². The van der Waals surface area contributed by atoms with Crippen molar-refractivity contribution in [3.8, 4) is 11.5 Å². The number of hydrogen-bond donors (Lipinski definition) is 0. The van der Waals surface area contributed by atoms with E-state index in [0.29, 0.717) is 18.6 Å². The van der Waals surface area contributed by atoms with Gasteiger partial charge in [0.1, 0.15) is 5.76 Å². The Bertz CT molecular complexity index is 837. The average Bonchev–Trinajstić information content (AvgIpc) is 3.09. The van der Waals surface area contributed by atoms with Gasteiger partial charge in [0, 0.05) is 25.2 Å². The highest BCUT2D eigenvalue weighted by atomic mass is 16.5. The number of rotatable bonds is 6. The van der Waals surface area contributed by atoms with Crippen molar-refractivity contribution < 1.29 is 9.15 Å². The lowest BCUT2D eigenvalue weighted by Gasteiger charge is -2.31. The molecule has 140 valence electrons. The molecule has 0 radical (unpaired) electrons. The van der Waals surface area contributed by atoms with Gasteiger partial charge in [-0.2, -0.15) is 0 Å². The van der Waals surface area contributed by atoms with Crippen molar-refractivity contribution in [1.82, 2.24) is 9.88 Å². The maximum absolute atomic E-state index is 6.09. The second kappa shape index (κ2) is 8.51. The minimum absolute atomic E-state index is 0.347. The maximum atomic E-state index is 6.09. The standard InChI is InChI=1S/C23H26N2O2/c1-18-22(24-23(27-18)20-10-6-3-7-11-20)16-25-14-12-21(13-15-25)26-17-19-8-4-2-5-9-19/h2-11,21H,12-17H2,1H3. The van der Waals surface area contributed by atoms with Gasteiger partial charge in [-0.1, -0.05) is 48.5 Å². The first-order valence-electron chi connectivity index (χ1n) is 9.67. The van der Waals surface area contributed by atoms with Crippen molar-refractivity contribution in [1.29, 1.82) is 0 Å². The van der Waals surface area contributed by atoms with Crippen LogP contribution in [-0.2, 0) is 17.9 Å². The zero-order valence-corrected chi connectivity index (χ0v) is 15.8. The zero-order valence-electron chi connectivity index (χ0n) is 15.8. The molecule has 2 heterocycles. The van der Waals surface area contributed by atoms with E-state index in [-0.39, 0.29) is 0 Å². The van der Waals surface area contributed by atoms with Crippen molar-refractivity contribution in [3.63, 3.8) is 0 Å². The summed E-state index contributed by atoms with van der Waals surface area (Å²) in [6, 6.07) is 20.5. The van der Waals surface area contributed by atoms with Crippen LogP contribution in [0.1, 0.15) is 29.9 Å². The molecule has 4 nitrogen and oxygen atoms in total. The molecule has 3 aromatic rings. The fourth-order valence-electron chi connectivity index (χ4n) is 3.51. The molecule has 1 fully saturated rings. The van der Waals surface area contributed by atoms with E-state index in [0.717, 1.165) is 49.5 Å². The first-order chi connectivity index (χ1) is 13.3.